The largest absolute Gasteiger partial charge is 0.296 e. The van der Waals surface area contributed by atoms with Gasteiger partial charge in [-0.2, -0.15) is 4.31 Å². The third-order valence-electron chi connectivity index (χ3n) is 3.09. The Kier molecular flexibility index (Phi) is 4.68. The molecule has 2 heterocycles. The van der Waals surface area contributed by atoms with Crippen molar-refractivity contribution >= 4 is 33.2 Å². The summed E-state index contributed by atoms with van der Waals surface area (Å²) in [4.78, 5) is 6.14. The number of pyridine rings is 1. The van der Waals surface area contributed by atoms with Gasteiger partial charge in [-0.15, -0.1) is 0 Å². The van der Waals surface area contributed by atoms with Gasteiger partial charge in [0.25, 0.3) is 0 Å². The highest BCUT2D eigenvalue weighted by molar-refractivity contribution is 7.88. The molecule has 0 amide bonds. The molecule has 19 heavy (non-hydrogen) atoms. The van der Waals surface area contributed by atoms with Crippen LogP contribution >= 0.6 is 23.2 Å². The molecule has 0 aromatic carbocycles. The molecule has 0 radical (unpaired) electrons. The molecule has 1 fully saturated rings. The lowest BCUT2D eigenvalue weighted by atomic mass is 10.2. The predicted molar refractivity (Wildman–Crippen MR) is 76.0 cm³/mol. The van der Waals surface area contributed by atoms with E-state index in [1.807, 2.05) is 6.07 Å². The maximum Gasteiger partial charge on any atom is 0.211 e. The monoisotopic (exact) mass is 323 g/mol. The van der Waals surface area contributed by atoms with E-state index in [4.69, 9.17) is 23.2 Å². The van der Waals surface area contributed by atoms with Crippen molar-refractivity contribution < 1.29 is 8.42 Å². The smallest absolute Gasteiger partial charge is 0.211 e. The highest BCUT2D eigenvalue weighted by Crippen LogP contribution is 2.19. The van der Waals surface area contributed by atoms with Crippen LogP contribution in [0.1, 0.15) is 5.56 Å². The van der Waals surface area contributed by atoms with Crippen molar-refractivity contribution in [1.82, 2.24) is 14.2 Å². The molecule has 0 aliphatic carbocycles. The Labute approximate surface area is 123 Å². The first-order valence-corrected chi connectivity index (χ1v) is 8.45. The topological polar surface area (TPSA) is 53.5 Å². The minimum absolute atomic E-state index is 0.371. The number of hydrogen-bond acceptors (Lipinski definition) is 4. The molecule has 0 atom stereocenters. The maximum atomic E-state index is 11.4. The molecule has 0 spiro atoms. The highest BCUT2D eigenvalue weighted by atomic mass is 35.5. The van der Waals surface area contributed by atoms with Crippen LogP contribution in [0.25, 0.3) is 0 Å². The number of nitrogens with zero attached hydrogens (tertiary/aromatic N) is 3. The molecule has 1 aromatic heterocycles. The minimum Gasteiger partial charge on any atom is -0.296 e. The molecule has 5 nitrogen and oxygen atoms in total. The van der Waals surface area contributed by atoms with Gasteiger partial charge in [0, 0.05) is 38.3 Å². The third kappa shape index (κ3) is 4.03. The van der Waals surface area contributed by atoms with Crippen molar-refractivity contribution in [3.8, 4) is 0 Å². The Balaban J connectivity index is 1.96. The van der Waals surface area contributed by atoms with E-state index in [-0.39, 0.29) is 0 Å². The number of aromatic nitrogens is 1. The molecule has 1 aromatic rings. The lowest BCUT2D eigenvalue weighted by Gasteiger charge is -2.33. The van der Waals surface area contributed by atoms with Gasteiger partial charge in [-0.1, -0.05) is 29.3 Å². The summed E-state index contributed by atoms with van der Waals surface area (Å²) in [7, 11) is -3.09. The molecule has 2 rings (SSSR count). The van der Waals surface area contributed by atoms with Crippen LogP contribution in [0.3, 0.4) is 0 Å². The van der Waals surface area contributed by atoms with Crippen molar-refractivity contribution in [3.63, 3.8) is 0 Å². The standard InChI is InChI=1S/C11H15Cl2N3O2S/c1-19(17,18)16-6-4-15(5-7-16)8-9-2-3-10(12)14-11(9)13/h2-3H,4-8H2,1H3. The highest BCUT2D eigenvalue weighted by Gasteiger charge is 2.23. The summed E-state index contributed by atoms with van der Waals surface area (Å²) in [6, 6.07) is 3.55. The molecular formula is C11H15Cl2N3O2S. The van der Waals surface area contributed by atoms with E-state index in [2.05, 4.69) is 9.88 Å². The molecule has 1 saturated heterocycles. The summed E-state index contributed by atoms with van der Waals surface area (Å²) >= 11 is 11.8. The Hall–Kier alpha value is -0.400. The minimum atomic E-state index is -3.09. The number of sulfonamides is 1. The average molecular weight is 324 g/mol. The zero-order valence-corrected chi connectivity index (χ0v) is 12.8. The predicted octanol–water partition coefficient (Wildman–Crippen LogP) is 1.47. The SMILES string of the molecule is CS(=O)(=O)N1CCN(Cc2ccc(Cl)nc2Cl)CC1. The lowest BCUT2D eigenvalue weighted by molar-refractivity contribution is 0.182. The van der Waals surface area contributed by atoms with Crippen LogP contribution in [-0.2, 0) is 16.6 Å². The number of piperazine rings is 1. The molecule has 106 valence electrons. The van der Waals surface area contributed by atoms with Crippen LogP contribution in [0.4, 0.5) is 0 Å². The van der Waals surface area contributed by atoms with Crippen LogP contribution in [-0.4, -0.2) is 55.0 Å². The van der Waals surface area contributed by atoms with Gasteiger partial charge in [0.1, 0.15) is 10.3 Å². The van der Waals surface area contributed by atoms with E-state index < -0.39 is 10.0 Å². The fourth-order valence-corrected chi connectivity index (χ4v) is 3.25. The summed E-state index contributed by atoms with van der Waals surface area (Å²) in [5.41, 5.74) is 0.902. The summed E-state index contributed by atoms with van der Waals surface area (Å²) in [5, 5.41) is 0.772. The Morgan fingerprint density at radius 1 is 1.21 bits per heavy atom. The molecule has 1 aliphatic rings. The second-order valence-electron chi connectivity index (χ2n) is 4.52. The number of rotatable bonds is 3. The van der Waals surface area contributed by atoms with Gasteiger partial charge in [0.15, 0.2) is 0 Å². The van der Waals surface area contributed by atoms with Crippen molar-refractivity contribution in [2.24, 2.45) is 0 Å². The van der Waals surface area contributed by atoms with E-state index in [0.717, 1.165) is 5.56 Å². The summed E-state index contributed by atoms with van der Waals surface area (Å²) in [5.74, 6) is 0. The van der Waals surface area contributed by atoms with Crippen LogP contribution < -0.4 is 0 Å². The van der Waals surface area contributed by atoms with E-state index >= 15 is 0 Å². The van der Waals surface area contributed by atoms with Crippen molar-refractivity contribution in [2.45, 2.75) is 6.54 Å². The summed E-state index contributed by atoms with van der Waals surface area (Å²) in [6.07, 6.45) is 1.24. The zero-order valence-electron chi connectivity index (χ0n) is 10.5. The first kappa shape index (κ1) is 15.0. The van der Waals surface area contributed by atoms with Gasteiger partial charge in [0.2, 0.25) is 10.0 Å². The zero-order chi connectivity index (χ0) is 14.0. The van der Waals surface area contributed by atoms with E-state index in [1.165, 1.54) is 10.6 Å². The van der Waals surface area contributed by atoms with Crippen molar-refractivity contribution in [3.05, 3.63) is 28.0 Å². The third-order valence-corrected chi connectivity index (χ3v) is 4.93. The van der Waals surface area contributed by atoms with Crippen molar-refractivity contribution in [2.75, 3.05) is 32.4 Å². The Morgan fingerprint density at radius 3 is 2.37 bits per heavy atom. The quantitative estimate of drug-likeness (QED) is 0.790. The van der Waals surface area contributed by atoms with Gasteiger partial charge in [-0.3, -0.25) is 4.90 Å². The average Bonchev–Trinajstić information content (AvgIpc) is 2.32. The van der Waals surface area contributed by atoms with Crippen LogP contribution in [0, 0.1) is 0 Å². The second-order valence-corrected chi connectivity index (χ2v) is 7.25. The molecule has 0 bridgehead atoms. The van der Waals surface area contributed by atoms with Crippen LogP contribution in [0.15, 0.2) is 12.1 Å². The van der Waals surface area contributed by atoms with Gasteiger partial charge in [-0.05, 0) is 6.07 Å². The second kappa shape index (κ2) is 5.93. The number of halogens is 2. The first-order chi connectivity index (χ1) is 8.86. The lowest BCUT2D eigenvalue weighted by Crippen LogP contribution is -2.47. The van der Waals surface area contributed by atoms with Gasteiger partial charge in [-0.25, -0.2) is 13.4 Å². The van der Waals surface area contributed by atoms with Gasteiger partial charge >= 0.3 is 0 Å². The van der Waals surface area contributed by atoms with Gasteiger partial charge < -0.3 is 0 Å². The summed E-state index contributed by atoms with van der Waals surface area (Å²) < 4.78 is 24.3. The fourth-order valence-electron chi connectivity index (χ4n) is 2.02. The van der Waals surface area contributed by atoms with Crippen LogP contribution in [0.2, 0.25) is 10.3 Å². The van der Waals surface area contributed by atoms with Crippen LogP contribution in [0.5, 0.6) is 0 Å². The van der Waals surface area contributed by atoms with E-state index in [1.54, 1.807) is 6.07 Å². The van der Waals surface area contributed by atoms with E-state index in [9.17, 15) is 8.42 Å². The fraction of sp³-hybridized carbons (Fsp3) is 0.545. The first-order valence-electron chi connectivity index (χ1n) is 5.84. The summed E-state index contributed by atoms with van der Waals surface area (Å²) in [6.45, 7) is 3.05. The Bertz CT molecular complexity index is 557. The van der Waals surface area contributed by atoms with Gasteiger partial charge in [0.05, 0.1) is 6.26 Å². The number of hydrogen-bond donors (Lipinski definition) is 0. The molecular weight excluding hydrogens is 309 g/mol. The molecule has 0 saturated carbocycles. The normalized spacial score (nSPS) is 18.7. The molecule has 0 N–H and O–H groups in total. The van der Waals surface area contributed by atoms with Crippen molar-refractivity contribution in [1.29, 1.82) is 0 Å². The van der Waals surface area contributed by atoms with E-state index in [0.29, 0.717) is 43.0 Å². The molecule has 0 unspecified atom stereocenters. The Morgan fingerprint density at radius 2 is 1.84 bits per heavy atom. The maximum absolute atomic E-state index is 11.4. The molecule has 8 heteroatoms. The molecule has 1 aliphatic heterocycles.